The lowest BCUT2D eigenvalue weighted by molar-refractivity contribution is 0.187. The third-order valence-electron chi connectivity index (χ3n) is 5.15. The first-order valence-electron chi connectivity index (χ1n) is 9.81. The Bertz CT molecular complexity index is 954. The first-order valence-corrected chi connectivity index (χ1v) is 9.81. The summed E-state index contributed by atoms with van der Waals surface area (Å²) >= 11 is 0. The van der Waals surface area contributed by atoms with Gasteiger partial charge in [0.05, 0.1) is 0 Å². The molecule has 0 radical (unpaired) electrons. The van der Waals surface area contributed by atoms with Gasteiger partial charge in [0.15, 0.2) is 0 Å². The Labute approximate surface area is 161 Å². The van der Waals surface area contributed by atoms with Crippen LogP contribution in [-0.4, -0.2) is 39.5 Å². The topological polar surface area (TPSA) is 44.8 Å². The molecule has 3 aromatic heterocycles. The van der Waals surface area contributed by atoms with Gasteiger partial charge >= 0.3 is 0 Å². The van der Waals surface area contributed by atoms with Gasteiger partial charge in [-0.25, -0.2) is 4.98 Å². The van der Waals surface area contributed by atoms with Crippen molar-refractivity contribution < 1.29 is 0 Å². The number of hydrogen-bond donors (Lipinski definition) is 1. The van der Waals surface area contributed by atoms with E-state index in [0.717, 1.165) is 59.7 Å². The van der Waals surface area contributed by atoms with Crippen molar-refractivity contribution in [1.82, 2.24) is 19.9 Å². The molecule has 1 fully saturated rings. The number of aromatic amines is 1. The molecule has 0 amide bonds. The summed E-state index contributed by atoms with van der Waals surface area (Å²) in [7, 11) is 0. The normalized spacial score (nSPS) is 15.8. The summed E-state index contributed by atoms with van der Waals surface area (Å²) in [6, 6.07) is 8.18. The van der Waals surface area contributed by atoms with Crippen LogP contribution in [0.25, 0.3) is 22.2 Å². The Balaban J connectivity index is 1.46. The highest BCUT2D eigenvalue weighted by molar-refractivity contribution is 5.93. The van der Waals surface area contributed by atoms with Crippen LogP contribution in [0.3, 0.4) is 0 Å². The number of H-pyrrole nitrogens is 1. The Kier molecular flexibility index (Phi) is 5.22. The van der Waals surface area contributed by atoms with Gasteiger partial charge in [0.1, 0.15) is 11.3 Å². The summed E-state index contributed by atoms with van der Waals surface area (Å²) in [5, 5.41) is 1.12. The lowest BCUT2D eigenvalue weighted by Gasteiger charge is -2.30. The van der Waals surface area contributed by atoms with Crippen molar-refractivity contribution >= 4 is 11.0 Å². The molecule has 1 saturated heterocycles. The zero-order chi connectivity index (χ0) is 18.6. The summed E-state index contributed by atoms with van der Waals surface area (Å²) in [6.07, 6.45) is 7.96. The molecular weight excluding hydrogens is 332 g/mol. The fraction of sp³-hybridized carbons (Fsp3) is 0.391. The van der Waals surface area contributed by atoms with Crippen molar-refractivity contribution in [3.63, 3.8) is 0 Å². The lowest BCUT2D eigenvalue weighted by atomic mass is 9.96. The maximum absolute atomic E-state index is 4.70. The monoisotopic (exact) mass is 358 g/mol. The fourth-order valence-electron chi connectivity index (χ4n) is 3.80. The van der Waals surface area contributed by atoms with E-state index in [2.05, 4.69) is 46.6 Å². The Morgan fingerprint density at radius 2 is 1.93 bits per heavy atom. The van der Waals surface area contributed by atoms with Crippen molar-refractivity contribution in [3.05, 3.63) is 48.5 Å². The summed E-state index contributed by atoms with van der Waals surface area (Å²) in [6.45, 7) is 8.10. The Hall–Kier alpha value is -2.64. The summed E-state index contributed by atoms with van der Waals surface area (Å²) in [5.74, 6) is 7.98. The van der Waals surface area contributed by atoms with E-state index in [1.54, 1.807) is 0 Å². The number of fused-ring (bicyclic) bond motifs is 1. The molecule has 27 heavy (non-hydrogen) atoms. The minimum Gasteiger partial charge on any atom is -0.345 e. The first kappa shape index (κ1) is 17.8. The van der Waals surface area contributed by atoms with Crippen LogP contribution in [0.15, 0.2) is 42.9 Å². The highest BCUT2D eigenvalue weighted by Crippen LogP contribution is 2.27. The molecule has 1 N–H and O–H groups in total. The first-order chi connectivity index (χ1) is 13.2. The lowest BCUT2D eigenvalue weighted by Crippen LogP contribution is -2.35. The van der Waals surface area contributed by atoms with E-state index in [0.29, 0.717) is 5.92 Å². The standard InChI is InChI=1S/C23H26N4/c1-17(2)16-27-13-9-18(10-14-27)3-4-20-5-6-21-22(15-25-23(21)26-20)19-7-11-24-12-8-19/h5-8,11-12,15,17-18H,9-10,13-14,16H2,1-2H3,(H,25,26). The van der Waals surface area contributed by atoms with Gasteiger partial charge in [-0.05, 0) is 67.6 Å². The molecular formula is C23H26N4. The predicted molar refractivity (Wildman–Crippen MR) is 110 cm³/mol. The van der Waals surface area contributed by atoms with Crippen LogP contribution in [0.2, 0.25) is 0 Å². The van der Waals surface area contributed by atoms with Crippen molar-refractivity contribution in [3.8, 4) is 23.0 Å². The average Bonchev–Trinajstić information content (AvgIpc) is 3.11. The van der Waals surface area contributed by atoms with Crippen LogP contribution in [0.5, 0.6) is 0 Å². The van der Waals surface area contributed by atoms with Gasteiger partial charge in [0.25, 0.3) is 0 Å². The van der Waals surface area contributed by atoms with Crippen molar-refractivity contribution in [2.75, 3.05) is 19.6 Å². The number of piperidine rings is 1. The van der Waals surface area contributed by atoms with Crippen molar-refractivity contribution in [2.45, 2.75) is 26.7 Å². The third kappa shape index (κ3) is 4.20. The van der Waals surface area contributed by atoms with Gasteiger partial charge in [-0.1, -0.05) is 19.8 Å². The van der Waals surface area contributed by atoms with Crippen LogP contribution >= 0.6 is 0 Å². The van der Waals surface area contributed by atoms with E-state index < -0.39 is 0 Å². The van der Waals surface area contributed by atoms with Gasteiger partial charge in [-0.15, -0.1) is 0 Å². The molecule has 138 valence electrons. The summed E-state index contributed by atoms with van der Waals surface area (Å²) in [5.41, 5.74) is 4.03. The predicted octanol–water partition coefficient (Wildman–Crippen LogP) is 4.34. The molecule has 0 bridgehead atoms. The second-order valence-corrected chi connectivity index (χ2v) is 7.77. The maximum atomic E-state index is 4.70. The Morgan fingerprint density at radius 3 is 2.67 bits per heavy atom. The molecule has 0 aliphatic carbocycles. The van der Waals surface area contributed by atoms with E-state index in [9.17, 15) is 0 Å². The number of rotatable bonds is 3. The van der Waals surface area contributed by atoms with Crippen LogP contribution in [0.4, 0.5) is 0 Å². The molecule has 0 saturated carbocycles. The summed E-state index contributed by atoms with van der Waals surface area (Å²) < 4.78 is 0. The minimum absolute atomic E-state index is 0.488. The van der Waals surface area contributed by atoms with E-state index >= 15 is 0 Å². The average molecular weight is 358 g/mol. The molecule has 0 spiro atoms. The maximum Gasteiger partial charge on any atom is 0.139 e. The molecule has 0 unspecified atom stereocenters. The van der Waals surface area contributed by atoms with E-state index in [1.165, 1.54) is 6.54 Å². The fourth-order valence-corrected chi connectivity index (χ4v) is 3.80. The van der Waals surface area contributed by atoms with Gasteiger partial charge in [0, 0.05) is 42.0 Å². The number of hydrogen-bond acceptors (Lipinski definition) is 3. The number of nitrogens with one attached hydrogen (secondary N) is 1. The number of likely N-dealkylation sites (tertiary alicyclic amines) is 1. The SMILES string of the molecule is CC(C)CN1CCC(C#Cc2ccc3c(-c4ccncc4)c[nH]c3n2)CC1. The molecule has 4 rings (SSSR count). The van der Waals surface area contributed by atoms with Gasteiger partial charge in [-0.3, -0.25) is 4.98 Å². The van der Waals surface area contributed by atoms with Gasteiger partial charge in [0.2, 0.25) is 0 Å². The second kappa shape index (κ2) is 7.94. The third-order valence-corrected chi connectivity index (χ3v) is 5.15. The zero-order valence-corrected chi connectivity index (χ0v) is 16.1. The molecule has 0 atom stereocenters. The highest BCUT2D eigenvalue weighted by Gasteiger charge is 2.18. The van der Waals surface area contributed by atoms with Gasteiger partial charge < -0.3 is 9.88 Å². The molecule has 4 nitrogen and oxygen atoms in total. The van der Waals surface area contributed by atoms with E-state index in [-0.39, 0.29) is 0 Å². The molecule has 4 heterocycles. The number of pyridine rings is 2. The summed E-state index contributed by atoms with van der Waals surface area (Å²) in [4.78, 5) is 14.6. The number of aromatic nitrogens is 3. The van der Waals surface area contributed by atoms with Crippen LogP contribution in [-0.2, 0) is 0 Å². The van der Waals surface area contributed by atoms with E-state index in [4.69, 9.17) is 4.98 Å². The molecule has 3 aromatic rings. The smallest absolute Gasteiger partial charge is 0.139 e. The molecule has 1 aliphatic rings. The van der Waals surface area contributed by atoms with Crippen LogP contribution in [0.1, 0.15) is 32.4 Å². The van der Waals surface area contributed by atoms with Crippen LogP contribution in [0, 0.1) is 23.7 Å². The quantitative estimate of drug-likeness (QED) is 0.708. The van der Waals surface area contributed by atoms with Gasteiger partial charge in [-0.2, -0.15) is 0 Å². The molecule has 1 aliphatic heterocycles. The Morgan fingerprint density at radius 1 is 1.15 bits per heavy atom. The number of nitrogens with zero attached hydrogens (tertiary/aromatic N) is 3. The second-order valence-electron chi connectivity index (χ2n) is 7.77. The molecule has 4 heteroatoms. The van der Waals surface area contributed by atoms with Crippen LogP contribution < -0.4 is 0 Å². The van der Waals surface area contributed by atoms with E-state index in [1.807, 2.05) is 36.8 Å². The minimum atomic E-state index is 0.488. The molecule has 0 aromatic carbocycles. The van der Waals surface area contributed by atoms with Crippen molar-refractivity contribution in [2.24, 2.45) is 11.8 Å². The van der Waals surface area contributed by atoms with Crippen molar-refractivity contribution in [1.29, 1.82) is 0 Å². The highest BCUT2D eigenvalue weighted by atomic mass is 15.1. The largest absolute Gasteiger partial charge is 0.345 e. The zero-order valence-electron chi connectivity index (χ0n) is 16.1.